The Bertz CT molecular complexity index is 900. The number of aromatic nitrogens is 2. The molecule has 1 saturated heterocycles. The Morgan fingerprint density at radius 3 is 2.85 bits per heavy atom. The molecule has 3 heterocycles. The topological polar surface area (TPSA) is 61.2 Å². The van der Waals surface area contributed by atoms with Crippen LogP contribution in [0.1, 0.15) is 50.0 Å². The number of esters is 1. The highest BCUT2D eigenvalue weighted by atomic mass is 32.2. The third-order valence-corrected chi connectivity index (χ3v) is 7.53. The molecule has 1 unspecified atom stereocenters. The maximum absolute atomic E-state index is 13.4. The molecule has 0 bridgehead atoms. The van der Waals surface area contributed by atoms with Crippen molar-refractivity contribution in [3.8, 4) is 0 Å². The van der Waals surface area contributed by atoms with Crippen molar-refractivity contribution in [1.82, 2.24) is 9.55 Å². The number of nitrogens with zero attached hydrogens (tertiary/aromatic N) is 2. The highest BCUT2D eigenvalue weighted by Gasteiger charge is 2.30. The van der Waals surface area contributed by atoms with Crippen LogP contribution in [0.15, 0.2) is 9.95 Å². The molecule has 5 nitrogen and oxygen atoms in total. The van der Waals surface area contributed by atoms with E-state index in [0.717, 1.165) is 35.9 Å². The van der Waals surface area contributed by atoms with Crippen LogP contribution < -0.4 is 5.56 Å². The van der Waals surface area contributed by atoms with E-state index in [1.54, 1.807) is 15.9 Å². The normalized spacial score (nSPS) is 20.0. The van der Waals surface area contributed by atoms with E-state index in [1.807, 2.05) is 0 Å². The summed E-state index contributed by atoms with van der Waals surface area (Å²) in [6.07, 6.45) is 5.98. The van der Waals surface area contributed by atoms with E-state index in [4.69, 9.17) is 9.72 Å². The zero-order valence-corrected chi connectivity index (χ0v) is 16.9. The smallest absolute Gasteiger partial charge is 0.319 e. The monoisotopic (exact) mass is 392 g/mol. The summed E-state index contributed by atoms with van der Waals surface area (Å²) in [7, 11) is 0. The number of hydrogen-bond acceptors (Lipinski definition) is 6. The minimum atomic E-state index is -0.251. The van der Waals surface area contributed by atoms with Crippen molar-refractivity contribution in [2.24, 2.45) is 5.92 Å². The second-order valence-corrected chi connectivity index (χ2v) is 9.74. The summed E-state index contributed by atoms with van der Waals surface area (Å²) in [6, 6.07) is 0. The van der Waals surface area contributed by atoms with Crippen molar-refractivity contribution in [3.63, 3.8) is 0 Å². The molecule has 7 heteroatoms. The number of carbonyl (C=O) groups excluding carboxylic acids is 1. The Hall–Kier alpha value is -1.34. The Labute approximate surface area is 161 Å². The van der Waals surface area contributed by atoms with E-state index in [2.05, 4.69) is 13.8 Å². The number of ether oxygens (including phenoxy) is 1. The van der Waals surface area contributed by atoms with Crippen LogP contribution in [0.2, 0.25) is 0 Å². The lowest BCUT2D eigenvalue weighted by molar-refractivity contribution is -0.137. The average Bonchev–Trinajstić information content (AvgIpc) is 3.17. The van der Waals surface area contributed by atoms with Crippen LogP contribution in [0.4, 0.5) is 0 Å². The van der Waals surface area contributed by atoms with E-state index >= 15 is 0 Å². The van der Waals surface area contributed by atoms with Crippen LogP contribution in [0, 0.1) is 5.92 Å². The number of rotatable bonds is 5. The van der Waals surface area contributed by atoms with Crippen LogP contribution in [-0.4, -0.2) is 27.4 Å². The molecule has 2 aromatic rings. The molecule has 1 fully saturated rings. The summed E-state index contributed by atoms with van der Waals surface area (Å²) in [5.74, 6) is 0.313. The first kappa shape index (κ1) is 18.0. The van der Waals surface area contributed by atoms with Gasteiger partial charge in [0.1, 0.15) is 10.1 Å². The fourth-order valence-corrected chi connectivity index (χ4v) is 5.99. The Morgan fingerprint density at radius 1 is 1.31 bits per heavy atom. The zero-order valence-electron chi connectivity index (χ0n) is 15.2. The van der Waals surface area contributed by atoms with Gasteiger partial charge in [0.2, 0.25) is 0 Å². The van der Waals surface area contributed by atoms with Gasteiger partial charge in [-0.05, 0) is 43.6 Å². The number of carbonyl (C=O) groups is 1. The molecule has 0 saturated carbocycles. The first-order valence-corrected chi connectivity index (χ1v) is 11.1. The highest BCUT2D eigenvalue weighted by molar-refractivity contribution is 8.00. The molecule has 0 amide bonds. The number of cyclic esters (lactones) is 1. The average molecular weight is 393 g/mol. The third-order valence-electron chi connectivity index (χ3n) is 5.10. The molecule has 1 aliphatic carbocycles. The SMILES string of the molecule is CC(C)CCn1c(SC2CCOC2=O)nc2sc3c(c2c1=O)CCCC3. The van der Waals surface area contributed by atoms with Gasteiger partial charge >= 0.3 is 5.97 Å². The maximum atomic E-state index is 13.4. The van der Waals surface area contributed by atoms with Gasteiger partial charge in [-0.15, -0.1) is 11.3 Å². The van der Waals surface area contributed by atoms with Gasteiger partial charge in [-0.3, -0.25) is 14.2 Å². The van der Waals surface area contributed by atoms with Crippen LogP contribution >= 0.6 is 23.1 Å². The van der Waals surface area contributed by atoms with E-state index in [-0.39, 0.29) is 16.8 Å². The van der Waals surface area contributed by atoms with E-state index in [1.165, 1.54) is 28.6 Å². The van der Waals surface area contributed by atoms with Gasteiger partial charge in [-0.2, -0.15) is 0 Å². The molecule has 2 aromatic heterocycles. The summed E-state index contributed by atoms with van der Waals surface area (Å²) in [6.45, 7) is 5.42. The van der Waals surface area contributed by atoms with Gasteiger partial charge < -0.3 is 4.74 Å². The van der Waals surface area contributed by atoms with Crippen molar-refractivity contribution in [3.05, 3.63) is 20.8 Å². The molecule has 0 radical (unpaired) electrons. The van der Waals surface area contributed by atoms with Gasteiger partial charge in [-0.1, -0.05) is 25.6 Å². The molecule has 140 valence electrons. The number of aryl methyl sites for hydroxylation is 2. The largest absolute Gasteiger partial charge is 0.465 e. The molecule has 1 aliphatic heterocycles. The second kappa shape index (κ2) is 7.35. The number of thioether (sulfide) groups is 1. The molecule has 0 N–H and O–H groups in total. The number of hydrogen-bond donors (Lipinski definition) is 0. The lowest BCUT2D eigenvalue weighted by atomic mass is 9.97. The second-order valence-electron chi connectivity index (χ2n) is 7.49. The Balaban J connectivity index is 1.81. The van der Waals surface area contributed by atoms with E-state index < -0.39 is 0 Å². The van der Waals surface area contributed by atoms with Gasteiger partial charge in [0.05, 0.1) is 12.0 Å². The summed E-state index contributed by atoms with van der Waals surface area (Å²) in [4.78, 5) is 32.3. The van der Waals surface area contributed by atoms with Gasteiger partial charge in [-0.25, -0.2) is 4.98 Å². The van der Waals surface area contributed by atoms with E-state index in [0.29, 0.717) is 30.6 Å². The minimum Gasteiger partial charge on any atom is -0.465 e. The van der Waals surface area contributed by atoms with Gasteiger partial charge in [0, 0.05) is 17.8 Å². The van der Waals surface area contributed by atoms with Crippen LogP contribution in [0.5, 0.6) is 0 Å². The third kappa shape index (κ3) is 3.31. The standard InChI is InChI=1S/C19H24N2O3S2/c1-11(2)7-9-21-17(22)15-12-5-3-4-6-13(12)25-16(15)20-19(21)26-14-8-10-24-18(14)23/h11,14H,3-10H2,1-2H3. The van der Waals surface area contributed by atoms with Crippen molar-refractivity contribution in [1.29, 1.82) is 0 Å². The van der Waals surface area contributed by atoms with Gasteiger partial charge in [0.15, 0.2) is 5.16 Å². The summed E-state index contributed by atoms with van der Waals surface area (Å²) in [5, 5.41) is 1.25. The van der Waals surface area contributed by atoms with Crippen LogP contribution in [-0.2, 0) is 28.9 Å². The molecule has 1 atom stereocenters. The molecular formula is C19H24N2O3S2. The molecule has 26 heavy (non-hydrogen) atoms. The molecule has 0 spiro atoms. The first-order valence-electron chi connectivity index (χ1n) is 9.43. The van der Waals surface area contributed by atoms with Gasteiger partial charge in [0.25, 0.3) is 5.56 Å². The summed E-state index contributed by atoms with van der Waals surface area (Å²) < 4.78 is 6.89. The molecule has 4 rings (SSSR count). The lowest BCUT2D eigenvalue weighted by Crippen LogP contribution is -2.25. The predicted octanol–water partition coefficient (Wildman–Crippen LogP) is 3.79. The maximum Gasteiger partial charge on any atom is 0.319 e. The van der Waals surface area contributed by atoms with Crippen molar-refractivity contribution >= 4 is 39.3 Å². The summed E-state index contributed by atoms with van der Waals surface area (Å²) in [5.41, 5.74) is 1.30. The predicted molar refractivity (Wildman–Crippen MR) is 105 cm³/mol. The quantitative estimate of drug-likeness (QED) is 0.572. The Kier molecular flexibility index (Phi) is 5.10. The van der Waals surface area contributed by atoms with E-state index in [9.17, 15) is 9.59 Å². The molecule has 2 aliphatic rings. The highest BCUT2D eigenvalue weighted by Crippen LogP contribution is 2.36. The Morgan fingerprint density at radius 2 is 2.12 bits per heavy atom. The first-order chi connectivity index (χ1) is 12.5. The number of fused-ring (bicyclic) bond motifs is 3. The lowest BCUT2D eigenvalue weighted by Gasteiger charge is -2.15. The summed E-state index contributed by atoms with van der Waals surface area (Å²) >= 11 is 3.06. The minimum absolute atomic E-state index is 0.0731. The van der Waals surface area contributed by atoms with Crippen LogP contribution in [0.3, 0.4) is 0 Å². The molecule has 0 aromatic carbocycles. The van der Waals surface area contributed by atoms with Crippen LogP contribution in [0.25, 0.3) is 10.2 Å². The van der Waals surface area contributed by atoms with Crippen molar-refractivity contribution < 1.29 is 9.53 Å². The fourth-order valence-electron chi connectivity index (χ4n) is 3.61. The van der Waals surface area contributed by atoms with Crippen molar-refractivity contribution in [2.45, 2.75) is 69.3 Å². The molecular weight excluding hydrogens is 368 g/mol. The number of thiophene rings is 1. The van der Waals surface area contributed by atoms with Crippen molar-refractivity contribution in [2.75, 3.05) is 6.61 Å². The zero-order chi connectivity index (χ0) is 18.3. The fraction of sp³-hybridized carbons (Fsp3) is 0.632.